The molecule has 0 saturated heterocycles. The number of ether oxygens (including phenoxy) is 1. The van der Waals surface area contributed by atoms with Crippen LogP contribution in [0.2, 0.25) is 0 Å². The minimum Gasteiger partial charge on any atom is -0.494 e. The molecule has 0 bridgehead atoms. The molecule has 0 fully saturated rings. The lowest BCUT2D eigenvalue weighted by atomic mass is 10.2. The van der Waals surface area contributed by atoms with Crippen LogP contribution >= 0.6 is 15.9 Å². The highest BCUT2D eigenvalue weighted by molar-refractivity contribution is 9.10. The third kappa shape index (κ3) is 4.12. The molecule has 1 heterocycles. The minimum atomic E-state index is 0.674. The second-order valence-electron chi connectivity index (χ2n) is 5.31. The average Bonchev–Trinajstić information content (AvgIpc) is 2.97. The molecule has 3 rings (SSSR count). The number of aromatic amines is 1. The smallest absolute Gasteiger partial charge is 0.123 e. The van der Waals surface area contributed by atoms with Crippen LogP contribution in [0.5, 0.6) is 5.75 Å². The Morgan fingerprint density at radius 1 is 1.22 bits per heavy atom. The van der Waals surface area contributed by atoms with E-state index >= 15 is 0 Å². The molecule has 0 spiro atoms. The van der Waals surface area contributed by atoms with Gasteiger partial charge in [-0.1, -0.05) is 28.1 Å². The van der Waals surface area contributed by atoms with Crippen LogP contribution in [0.1, 0.15) is 18.3 Å². The van der Waals surface area contributed by atoms with Gasteiger partial charge in [-0.2, -0.15) is 0 Å². The molecule has 0 radical (unpaired) electrons. The van der Waals surface area contributed by atoms with E-state index in [1.807, 2.05) is 37.3 Å². The second kappa shape index (κ2) is 7.62. The van der Waals surface area contributed by atoms with Crippen LogP contribution in [0.3, 0.4) is 0 Å². The molecular weight excluding hydrogens is 354 g/mol. The van der Waals surface area contributed by atoms with Crippen LogP contribution in [0, 0.1) is 0 Å². The summed E-state index contributed by atoms with van der Waals surface area (Å²) in [5.74, 6) is 1.95. The lowest BCUT2D eigenvalue weighted by Gasteiger charge is -2.11. The quantitative estimate of drug-likeness (QED) is 0.614. The molecule has 5 heteroatoms. The zero-order chi connectivity index (χ0) is 16.1. The normalized spacial score (nSPS) is 11.0. The molecule has 3 aromatic rings. The Labute approximate surface area is 144 Å². The van der Waals surface area contributed by atoms with Gasteiger partial charge in [-0.15, -0.1) is 0 Å². The number of fused-ring (bicyclic) bond motifs is 1. The van der Waals surface area contributed by atoms with Crippen LogP contribution in [0.4, 0.5) is 0 Å². The predicted octanol–water partition coefficient (Wildman–Crippen LogP) is 4.06. The minimum absolute atomic E-state index is 0.674. The molecule has 2 aromatic carbocycles. The largest absolute Gasteiger partial charge is 0.494 e. The zero-order valence-electron chi connectivity index (χ0n) is 13.1. The van der Waals surface area contributed by atoms with Crippen molar-refractivity contribution >= 4 is 27.0 Å². The van der Waals surface area contributed by atoms with Crippen molar-refractivity contribution in [2.75, 3.05) is 13.2 Å². The van der Waals surface area contributed by atoms with Crippen molar-refractivity contribution in [3.8, 4) is 5.75 Å². The molecule has 0 atom stereocenters. The Balaban J connectivity index is 1.56. The van der Waals surface area contributed by atoms with Gasteiger partial charge in [-0.25, -0.2) is 4.98 Å². The van der Waals surface area contributed by atoms with Gasteiger partial charge in [-0.3, -0.25) is 0 Å². The molecule has 4 nitrogen and oxygen atoms in total. The highest BCUT2D eigenvalue weighted by Crippen LogP contribution is 2.23. The summed E-state index contributed by atoms with van der Waals surface area (Å²) in [6, 6.07) is 14.2. The van der Waals surface area contributed by atoms with Gasteiger partial charge in [0.25, 0.3) is 0 Å². The Hall–Kier alpha value is -1.85. The fourth-order valence-electron chi connectivity index (χ4n) is 2.54. The number of aromatic nitrogens is 2. The van der Waals surface area contributed by atoms with E-state index in [9.17, 15) is 0 Å². The Kier molecular flexibility index (Phi) is 5.31. The molecule has 23 heavy (non-hydrogen) atoms. The number of nitrogens with one attached hydrogen (secondary N) is 2. The molecular formula is C18H20BrN3O. The van der Waals surface area contributed by atoms with E-state index in [0.29, 0.717) is 6.61 Å². The average molecular weight is 374 g/mol. The first kappa shape index (κ1) is 16.0. The van der Waals surface area contributed by atoms with Gasteiger partial charge in [0.05, 0.1) is 17.6 Å². The first-order chi connectivity index (χ1) is 11.3. The highest BCUT2D eigenvalue weighted by Gasteiger charge is 2.05. The fraction of sp³-hybridized carbons (Fsp3) is 0.278. The maximum Gasteiger partial charge on any atom is 0.123 e. The van der Waals surface area contributed by atoms with E-state index < -0.39 is 0 Å². The summed E-state index contributed by atoms with van der Waals surface area (Å²) in [7, 11) is 0. The van der Waals surface area contributed by atoms with Gasteiger partial charge in [-0.05, 0) is 37.3 Å². The van der Waals surface area contributed by atoms with Gasteiger partial charge in [0.2, 0.25) is 0 Å². The maximum absolute atomic E-state index is 5.67. The summed E-state index contributed by atoms with van der Waals surface area (Å²) >= 11 is 3.51. The summed E-state index contributed by atoms with van der Waals surface area (Å²) in [6.45, 7) is 4.31. The van der Waals surface area contributed by atoms with Crippen LogP contribution < -0.4 is 10.1 Å². The number of H-pyrrole nitrogens is 1. The van der Waals surface area contributed by atoms with Crippen LogP contribution in [0.15, 0.2) is 46.9 Å². The van der Waals surface area contributed by atoms with Crippen molar-refractivity contribution in [3.05, 3.63) is 58.3 Å². The Morgan fingerprint density at radius 3 is 2.91 bits per heavy atom. The second-order valence-corrected chi connectivity index (χ2v) is 6.23. The third-order valence-electron chi connectivity index (χ3n) is 3.61. The number of halogens is 1. The first-order valence-corrected chi connectivity index (χ1v) is 8.61. The van der Waals surface area contributed by atoms with Crippen LogP contribution in [-0.2, 0) is 13.0 Å². The van der Waals surface area contributed by atoms with Gasteiger partial charge in [0, 0.05) is 29.5 Å². The number of imidazole rings is 1. The van der Waals surface area contributed by atoms with Crippen LogP contribution in [0.25, 0.3) is 11.0 Å². The molecule has 2 N–H and O–H groups in total. The standard InChI is InChI=1S/C18H20BrN3O/c1-2-23-17-8-7-14(19)11-13(17)12-20-10-9-18-21-15-5-3-4-6-16(15)22-18/h3-8,11,20H,2,9-10,12H2,1H3,(H,21,22). The monoisotopic (exact) mass is 373 g/mol. The zero-order valence-corrected chi connectivity index (χ0v) is 14.7. The van der Waals surface area contributed by atoms with Crippen molar-refractivity contribution in [2.24, 2.45) is 0 Å². The Bertz CT molecular complexity index is 752. The van der Waals surface area contributed by atoms with Crippen molar-refractivity contribution in [1.29, 1.82) is 0 Å². The number of benzene rings is 2. The van der Waals surface area contributed by atoms with Gasteiger partial charge < -0.3 is 15.0 Å². The number of nitrogens with zero attached hydrogens (tertiary/aromatic N) is 1. The highest BCUT2D eigenvalue weighted by atomic mass is 79.9. The molecule has 0 unspecified atom stereocenters. The van der Waals surface area contributed by atoms with Crippen molar-refractivity contribution in [3.63, 3.8) is 0 Å². The lowest BCUT2D eigenvalue weighted by Crippen LogP contribution is -2.17. The molecule has 120 valence electrons. The third-order valence-corrected chi connectivity index (χ3v) is 4.11. The summed E-state index contributed by atoms with van der Waals surface area (Å²) < 4.78 is 6.73. The molecule has 0 amide bonds. The SMILES string of the molecule is CCOc1ccc(Br)cc1CNCCc1nc2ccccc2[nH]1. The van der Waals surface area contributed by atoms with Crippen molar-refractivity contribution in [1.82, 2.24) is 15.3 Å². The van der Waals surface area contributed by atoms with Crippen LogP contribution in [-0.4, -0.2) is 23.1 Å². The van der Waals surface area contributed by atoms with Gasteiger partial charge in [0.15, 0.2) is 0 Å². The van der Waals surface area contributed by atoms with E-state index in [0.717, 1.165) is 52.2 Å². The van der Waals surface area contributed by atoms with E-state index in [1.165, 1.54) is 0 Å². The number of hydrogen-bond donors (Lipinski definition) is 2. The fourth-order valence-corrected chi connectivity index (χ4v) is 2.94. The predicted molar refractivity (Wildman–Crippen MR) is 96.8 cm³/mol. The molecule has 1 aromatic heterocycles. The summed E-state index contributed by atoms with van der Waals surface area (Å²) in [4.78, 5) is 7.94. The first-order valence-electron chi connectivity index (χ1n) is 7.82. The lowest BCUT2D eigenvalue weighted by molar-refractivity contribution is 0.335. The molecule has 0 aliphatic rings. The molecule has 0 aliphatic heterocycles. The van der Waals surface area contributed by atoms with E-state index in [-0.39, 0.29) is 0 Å². The molecule has 0 aliphatic carbocycles. The van der Waals surface area contributed by atoms with Crippen molar-refractivity contribution < 1.29 is 4.74 Å². The van der Waals surface area contributed by atoms with Crippen molar-refractivity contribution in [2.45, 2.75) is 19.9 Å². The van der Waals surface area contributed by atoms with E-state index in [2.05, 4.69) is 43.3 Å². The number of hydrogen-bond acceptors (Lipinski definition) is 3. The number of rotatable bonds is 7. The summed E-state index contributed by atoms with van der Waals surface area (Å²) in [5.41, 5.74) is 3.27. The van der Waals surface area contributed by atoms with Gasteiger partial charge in [0.1, 0.15) is 11.6 Å². The summed E-state index contributed by atoms with van der Waals surface area (Å²) in [6.07, 6.45) is 0.868. The number of para-hydroxylation sites is 2. The topological polar surface area (TPSA) is 49.9 Å². The molecule has 0 saturated carbocycles. The van der Waals surface area contributed by atoms with E-state index in [1.54, 1.807) is 0 Å². The van der Waals surface area contributed by atoms with E-state index in [4.69, 9.17) is 4.74 Å². The summed E-state index contributed by atoms with van der Waals surface area (Å²) in [5, 5.41) is 3.46. The Morgan fingerprint density at radius 2 is 2.09 bits per heavy atom. The maximum atomic E-state index is 5.67. The van der Waals surface area contributed by atoms with Gasteiger partial charge >= 0.3 is 0 Å².